The molecular formula is C22H31N5O6. The number of nitro groups is 1. The van der Waals surface area contributed by atoms with Gasteiger partial charge in [0, 0.05) is 39.3 Å². The van der Waals surface area contributed by atoms with Crippen molar-refractivity contribution >= 4 is 23.5 Å². The van der Waals surface area contributed by atoms with Crippen LogP contribution < -0.4 is 0 Å². The first-order valence-corrected chi connectivity index (χ1v) is 11.7. The van der Waals surface area contributed by atoms with Crippen molar-refractivity contribution in [1.29, 1.82) is 0 Å². The number of Topliss-reactive ketones (excluding diaryl/α,β-unsaturated/α-hetero) is 2. The Morgan fingerprint density at radius 1 is 1.24 bits per heavy atom. The Bertz CT molecular complexity index is 933. The Morgan fingerprint density at radius 3 is 2.52 bits per heavy atom. The zero-order valence-corrected chi connectivity index (χ0v) is 19.2. The highest BCUT2D eigenvalue weighted by Crippen LogP contribution is 2.42. The first-order chi connectivity index (χ1) is 15.8. The SMILES string of the molecule is CCOC(=O)N1CCC(CN2CCC3(CC2)C(=O)CCC3=O)CC1n1c([N+](=O)[O-])cnc1C. The van der Waals surface area contributed by atoms with Gasteiger partial charge in [-0.05, 0) is 50.1 Å². The molecule has 1 spiro atoms. The van der Waals surface area contributed by atoms with Crippen LogP contribution in [-0.2, 0) is 14.3 Å². The highest BCUT2D eigenvalue weighted by Gasteiger charge is 2.50. The molecule has 3 heterocycles. The van der Waals surface area contributed by atoms with Gasteiger partial charge < -0.3 is 19.8 Å². The van der Waals surface area contributed by atoms with Crippen molar-refractivity contribution in [3.8, 4) is 0 Å². The van der Waals surface area contributed by atoms with Gasteiger partial charge in [-0.2, -0.15) is 4.57 Å². The number of rotatable bonds is 5. The van der Waals surface area contributed by atoms with E-state index in [-0.39, 0.29) is 29.9 Å². The van der Waals surface area contributed by atoms with Gasteiger partial charge >= 0.3 is 11.9 Å². The molecule has 0 bridgehead atoms. The highest BCUT2D eigenvalue weighted by molar-refractivity contribution is 6.12. The van der Waals surface area contributed by atoms with E-state index in [0.29, 0.717) is 57.6 Å². The van der Waals surface area contributed by atoms with Gasteiger partial charge in [0.15, 0.2) is 12.0 Å². The number of hydrogen-bond acceptors (Lipinski definition) is 8. The summed E-state index contributed by atoms with van der Waals surface area (Å²) >= 11 is 0. The molecule has 3 fully saturated rings. The molecule has 1 aromatic heterocycles. The van der Waals surface area contributed by atoms with Crippen LogP contribution in [0.1, 0.15) is 57.4 Å². The second kappa shape index (κ2) is 9.20. The largest absolute Gasteiger partial charge is 0.450 e. The number of carbonyl (C=O) groups is 3. The molecule has 11 nitrogen and oxygen atoms in total. The summed E-state index contributed by atoms with van der Waals surface area (Å²) in [5.74, 6) is 0.715. The molecule has 180 valence electrons. The molecule has 11 heteroatoms. The van der Waals surface area contributed by atoms with Crippen LogP contribution in [0.3, 0.4) is 0 Å². The Labute approximate surface area is 192 Å². The van der Waals surface area contributed by atoms with E-state index in [1.807, 2.05) is 0 Å². The fraction of sp³-hybridized carbons (Fsp3) is 0.727. The third kappa shape index (κ3) is 4.25. The number of imidazole rings is 1. The zero-order valence-electron chi connectivity index (χ0n) is 19.2. The summed E-state index contributed by atoms with van der Waals surface area (Å²) in [7, 11) is 0. The maximum absolute atomic E-state index is 12.6. The minimum Gasteiger partial charge on any atom is -0.450 e. The number of aromatic nitrogens is 2. The van der Waals surface area contributed by atoms with Crippen LogP contribution in [0.25, 0.3) is 0 Å². The van der Waals surface area contributed by atoms with Crippen LogP contribution in [0.15, 0.2) is 6.20 Å². The summed E-state index contributed by atoms with van der Waals surface area (Å²) in [6, 6.07) is 0. The van der Waals surface area contributed by atoms with Crippen LogP contribution in [-0.4, -0.2) is 74.7 Å². The van der Waals surface area contributed by atoms with Crippen molar-refractivity contribution in [3.63, 3.8) is 0 Å². The van der Waals surface area contributed by atoms with Gasteiger partial charge in [-0.3, -0.25) is 14.5 Å². The Kier molecular flexibility index (Phi) is 6.51. The summed E-state index contributed by atoms with van der Waals surface area (Å²) in [6.45, 7) is 6.20. The summed E-state index contributed by atoms with van der Waals surface area (Å²) in [5.41, 5.74) is -0.763. The Morgan fingerprint density at radius 2 is 1.91 bits per heavy atom. The first kappa shape index (κ1) is 23.3. The Balaban J connectivity index is 1.48. The average molecular weight is 462 g/mol. The van der Waals surface area contributed by atoms with Gasteiger partial charge in [-0.15, -0.1) is 0 Å². The van der Waals surface area contributed by atoms with Gasteiger partial charge in [0.25, 0.3) is 0 Å². The van der Waals surface area contributed by atoms with Gasteiger partial charge in [-0.1, -0.05) is 0 Å². The van der Waals surface area contributed by atoms with Crippen LogP contribution >= 0.6 is 0 Å². The van der Waals surface area contributed by atoms with Gasteiger partial charge in [0.05, 0.1) is 12.0 Å². The van der Waals surface area contributed by atoms with E-state index in [1.165, 1.54) is 10.8 Å². The molecule has 33 heavy (non-hydrogen) atoms. The summed E-state index contributed by atoms with van der Waals surface area (Å²) in [5, 5.41) is 11.6. The van der Waals surface area contributed by atoms with E-state index < -0.39 is 22.6 Å². The molecule has 3 aliphatic rings. The predicted octanol–water partition coefficient (Wildman–Crippen LogP) is 2.48. The zero-order chi connectivity index (χ0) is 23.8. The molecule has 1 aromatic rings. The summed E-state index contributed by atoms with van der Waals surface area (Å²) in [6.07, 6.45) is 3.35. The fourth-order valence-electron chi connectivity index (χ4n) is 5.69. The number of likely N-dealkylation sites (tertiary alicyclic amines) is 2. The van der Waals surface area contributed by atoms with Gasteiger partial charge in [0.1, 0.15) is 17.8 Å². The number of ketones is 2. The van der Waals surface area contributed by atoms with E-state index in [2.05, 4.69) is 9.88 Å². The maximum atomic E-state index is 12.6. The smallest absolute Gasteiger partial charge is 0.413 e. The fourth-order valence-corrected chi connectivity index (χ4v) is 5.69. The molecule has 2 saturated heterocycles. The average Bonchev–Trinajstić information content (AvgIpc) is 3.31. The Hall–Kier alpha value is -2.82. The van der Waals surface area contributed by atoms with Crippen molar-refractivity contribution in [1.82, 2.24) is 19.4 Å². The molecular weight excluding hydrogens is 430 g/mol. The second-order valence-electron chi connectivity index (χ2n) is 9.28. The molecule has 1 amide bonds. The maximum Gasteiger partial charge on any atom is 0.413 e. The third-order valence-corrected chi connectivity index (χ3v) is 7.50. The minimum absolute atomic E-state index is 0.0952. The summed E-state index contributed by atoms with van der Waals surface area (Å²) in [4.78, 5) is 56.4. The van der Waals surface area contributed by atoms with Crippen LogP contribution in [0, 0.1) is 28.4 Å². The normalized spacial score (nSPS) is 25.6. The van der Waals surface area contributed by atoms with E-state index in [9.17, 15) is 24.5 Å². The van der Waals surface area contributed by atoms with Crippen LogP contribution in [0.5, 0.6) is 0 Å². The number of carbonyl (C=O) groups excluding carboxylic acids is 3. The van der Waals surface area contributed by atoms with Crippen molar-refractivity contribution < 1.29 is 24.0 Å². The number of ether oxygens (including phenoxy) is 1. The highest BCUT2D eigenvalue weighted by atomic mass is 16.6. The lowest BCUT2D eigenvalue weighted by molar-refractivity contribution is -0.393. The molecule has 0 N–H and O–H groups in total. The van der Waals surface area contributed by atoms with Crippen molar-refractivity contribution in [2.75, 3.05) is 32.8 Å². The van der Waals surface area contributed by atoms with E-state index >= 15 is 0 Å². The number of hydrogen-bond donors (Lipinski definition) is 0. The molecule has 2 unspecified atom stereocenters. The number of piperidine rings is 2. The van der Waals surface area contributed by atoms with Crippen LogP contribution in [0.4, 0.5) is 10.6 Å². The lowest BCUT2D eigenvalue weighted by atomic mass is 9.75. The van der Waals surface area contributed by atoms with Crippen molar-refractivity contribution in [2.45, 2.75) is 58.5 Å². The molecule has 0 radical (unpaired) electrons. The van der Waals surface area contributed by atoms with E-state index in [4.69, 9.17) is 4.74 Å². The standard InChI is InChI=1S/C22H31N5O6/c1-3-33-21(30)25-9-6-16(12-19(25)26-15(2)23-13-20(26)27(31)32)14-24-10-7-22(8-11-24)17(28)4-5-18(22)29/h13,16,19H,3-12,14H2,1-2H3. The molecule has 4 rings (SSSR count). The predicted molar refractivity (Wildman–Crippen MR) is 116 cm³/mol. The number of aryl methyl sites for hydroxylation is 1. The third-order valence-electron chi connectivity index (χ3n) is 7.50. The van der Waals surface area contributed by atoms with Crippen LogP contribution in [0.2, 0.25) is 0 Å². The van der Waals surface area contributed by atoms with E-state index in [1.54, 1.807) is 18.7 Å². The summed E-state index contributed by atoms with van der Waals surface area (Å²) < 4.78 is 6.74. The molecule has 2 aliphatic heterocycles. The monoisotopic (exact) mass is 461 g/mol. The molecule has 1 aliphatic carbocycles. The minimum atomic E-state index is -0.763. The van der Waals surface area contributed by atoms with Crippen molar-refractivity contribution in [3.05, 3.63) is 22.1 Å². The number of nitrogens with zero attached hydrogens (tertiary/aromatic N) is 5. The number of amides is 1. The van der Waals surface area contributed by atoms with Gasteiger partial charge in [-0.25, -0.2) is 9.78 Å². The quantitative estimate of drug-likeness (QED) is 0.372. The lowest BCUT2D eigenvalue weighted by Gasteiger charge is -2.41. The molecule has 0 aromatic carbocycles. The molecule has 2 atom stereocenters. The topological polar surface area (TPSA) is 128 Å². The van der Waals surface area contributed by atoms with Gasteiger partial charge in [0.2, 0.25) is 0 Å². The lowest BCUT2D eigenvalue weighted by Crippen LogP contribution is -2.49. The molecule has 1 saturated carbocycles. The van der Waals surface area contributed by atoms with E-state index in [0.717, 1.165) is 13.0 Å². The van der Waals surface area contributed by atoms with Crippen molar-refractivity contribution in [2.24, 2.45) is 11.3 Å². The second-order valence-corrected chi connectivity index (χ2v) is 9.28. The first-order valence-electron chi connectivity index (χ1n) is 11.7.